The minimum atomic E-state index is -0.216. The van der Waals surface area contributed by atoms with Crippen molar-refractivity contribution in [2.45, 2.75) is 24.9 Å². The number of hydrogen-bond acceptors (Lipinski definition) is 5. The van der Waals surface area contributed by atoms with E-state index in [0.29, 0.717) is 10.9 Å². The van der Waals surface area contributed by atoms with Crippen LogP contribution in [-0.4, -0.2) is 27.3 Å². The first-order chi connectivity index (χ1) is 9.63. The van der Waals surface area contributed by atoms with E-state index in [-0.39, 0.29) is 11.5 Å². The van der Waals surface area contributed by atoms with Gasteiger partial charge in [-0.15, -0.1) is 10.2 Å². The number of rotatable bonds is 4. The van der Waals surface area contributed by atoms with Gasteiger partial charge < -0.3 is 0 Å². The molecule has 0 aliphatic heterocycles. The van der Waals surface area contributed by atoms with Crippen molar-refractivity contribution in [1.82, 2.24) is 14.9 Å². The van der Waals surface area contributed by atoms with E-state index in [1.54, 1.807) is 6.21 Å². The van der Waals surface area contributed by atoms with E-state index in [4.69, 9.17) is 0 Å². The molecule has 0 N–H and O–H groups in total. The van der Waals surface area contributed by atoms with Crippen LogP contribution in [0, 0.1) is 0 Å². The number of benzene rings is 1. The maximum absolute atomic E-state index is 12.3. The molecule has 2 rings (SSSR count). The molecular formula is C14H16N4OS. The predicted octanol–water partition coefficient (Wildman–Crippen LogP) is 2.37. The lowest BCUT2D eigenvalue weighted by Gasteiger charge is -2.07. The summed E-state index contributed by atoms with van der Waals surface area (Å²) in [6.07, 6.45) is 3.49. The maximum Gasteiger partial charge on any atom is 0.297 e. The summed E-state index contributed by atoms with van der Waals surface area (Å²) in [4.78, 5) is 12.3. The lowest BCUT2D eigenvalue weighted by Crippen LogP contribution is -2.26. The first-order valence-electron chi connectivity index (χ1n) is 6.26. The molecule has 0 aliphatic rings. The van der Waals surface area contributed by atoms with Gasteiger partial charge in [0.15, 0.2) is 0 Å². The summed E-state index contributed by atoms with van der Waals surface area (Å²) in [5.74, 6) is 0.0177. The van der Waals surface area contributed by atoms with Gasteiger partial charge in [0.2, 0.25) is 5.16 Å². The highest BCUT2D eigenvalue weighted by atomic mass is 32.2. The van der Waals surface area contributed by atoms with E-state index in [0.717, 1.165) is 5.56 Å². The van der Waals surface area contributed by atoms with Gasteiger partial charge in [-0.2, -0.15) is 9.78 Å². The smallest absolute Gasteiger partial charge is 0.265 e. The van der Waals surface area contributed by atoms with Gasteiger partial charge >= 0.3 is 0 Å². The third-order valence-corrected chi connectivity index (χ3v) is 3.31. The molecule has 0 aliphatic carbocycles. The Morgan fingerprint density at radius 1 is 1.25 bits per heavy atom. The topological polar surface area (TPSA) is 60.1 Å². The van der Waals surface area contributed by atoms with Crippen molar-refractivity contribution in [1.29, 1.82) is 0 Å². The lowest BCUT2D eigenvalue weighted by atomic mass is 10.1. The fourth-order valence-electron chi connectivity index (χ4n) is 1.63. The molecule has 20 heavy (non-hydrogen) atoms. The molecular weight excluding hydrogens is 272 g/mol. The van der Waals surface area contributed by atoms with Crippen molar-refractivity contribution in [3.63, 3.8) is 0 Å². The van der Waals surface area contributed by atoms with E-state index >= 15 is 0 Å². The summed E-state index contributed by atoms with van der Waals surface area (Å²) in [6.45, 7) is 3.82. The molecule has 6 heteroatoms. The van der Waals surface area contributed by atoms with Gasteiger partial charge in [-0.3, -0.25) is 4.79 Å². The van der Waals surface area contributed by atoms with Gasteiger partial charge in [0.25, 0.3) is 5.56 Å². The summed E-state index contributed by atoms with van der Waals surface area (Å²) in [6, 6.07) is 9.62. The minimum Gasteiger partial charge on any atom is -0.265 e. The Morgan fingerprint density at radius 2 is 1.95 bits per heavy atom. The van der Waals surface area contributed by atoms with Gasteiger partial charge in [0.05, 0.1) is 6.21 Å². The fraction of sp³-hybridized carbons (Fsp3) is 0.286. The standard InChI is InChI=1S/C14H16N4OS/c1-10(2)12-13(19)18(14(20-3)17-16-12)15-9-11-7-5-4-6-8-11/h4-10H,1-3H3. The molecule has 0 saturated carbocycles. The third kappa shape index (κ3) is 3.14. The first kappa shape index (κ1) is 14.5. The molecule has 5 nitrogen and oxygen atoms in total. The van der Waals surface area contributed by atoms with E-state index in [9.17, 15) is 4.79 Å². The molecule has 2 aromatic rings. The minimum absolute atomic E-state index is 0.0177. The fourth-order valence-corrected chi connectivity index (χ4v) is 2.06. The highest BCUT2D eigenvalue weighted by Gasteiger charge is 2.13. The quantitative estimate of drug-likeness (QED) is 0.640. The normalized spacial score (nSPS) is 11.4. The van der Waals surface area contributed by atoms with E-state index in [1.807, 2.05) is 50.4 Å². The second-order valence-corrected chi connectivity index (χ2v) is 5.27. The number of nitrogens with zero attached hydrogens (tertiary/aromatic N) is 4. The van der Waals surface area contributed by atoms with Crippen LogP contribution < -0.4 is 5.56 Å². The largest absolute Gasteiger partial charge is 0.297 e. The monoisotopic (exact) mass is 288 g/mol. The van der Waals surface area contributed by atoms with Gasteiger partial charge in [-0.25, -0.2) is 0 Å². The van der Waals surface area contributed by atoms with Gasteiger partial charge in [-0.05, 0) is 11.8 Å². The van der Waals surface area contributed by atoms with Crippen molar-refractivity contribution in [3.8, 4) is 0 Å². The maximum atomic E-state index is 12.3. The second-order valence-electron chi connectivity index (χ2n) is 4.50. The van der Waals surface area contributed by atoms with Crippen molar-refractivity contribution in [3.05, 3.63) is 51.9 Å². The molecule has 1 aromatic heterocycles. The number of thioether (sulfide) groups is 1. The molecule has 0 saturated heterocycles. The SMILES string of the molecule is CSc1nnc(C(C)C)c(=O)n1N=Cc1ccccc1. The van der Waals surface area contributed by atoms with E-state index < -0.39 is 0 Å². The molecule has 0 spiro atoms. The predicted molar refractivity (Wildman–Crippen MR) is 81.6 cm³/mol. The van der Waals surface area contributed by atoms with Crippen LogP contribution in [0.2, 0.25) is 0 Å². The molecule has 0 amide bonds. The molecule has 1 aromatic carbocycles. The second kappa shape index (κ2) is 6.47. The van der Waals surface area contributed by atoms with Crippen molar-refractivity contribution in [2.75, 3.05) is 6.26 Å². The van der Waals surface area contributed by atoms with Crippen LogP contribution in [-0.2, 0) is 0 Å². The van der Waals surface area contributed by atoms with Gasteiger partial charge in [0.1, 0.15) is 5.69 Å². The molecule has 1 heterocycles. The van der Waals surface area contributed by atoms with Crippen LogP contribution in [0.15, 0.2) is 45.4 Å². The van der Waals surface area contributed by atoms with Crippen LogP contribution in [0.25, 0.3) is 0 Å². The van der Waals surface area contributed by atoms with Gasteiger partial charge in [-0.1, -0.05) is 55.9 Å². The van der Waals surface area contributed by atoms with Crippen molar-refractivity contribution >= 4 is 18.0 Å². The van der Waals surface area contributed by atoms with Crippen LogP contribution in [0.5, 0.6) is 0 Å². The van der Waals surface area contributed by atoms with E-state index in [1.165, 1.54) is 16.4 Å². The Kier molecular flexibility index (Phi) is 4.68. The average molecular weight is 288 g/mol. The highest BCUT2D eigenvalue weighted by molar-refractivity contribution is 7.98. The lowest BCUT2D eigenvalue weighted by molar-refractivity contribution is 0.605. The summed E-state index contributed by atoms with van der Waals surface area (Å²) < 4.78 is 1.31. The van der Waals surface area contributed by atoms with Crippen LogP contribution in [0.1, 0.15) is 31.0 Å². The molecule has 104 valence electrons. The molecule has 0 atom stereocenters. The average Bonchev–Trinajstić information content (AvgIpc) is 2.46. The van der Waals surface area contributed by atoms with Crippen LogP contribution in [0.3, 0.4) is 0 Å². The Balaban J connectivity index is 2.47. The molecule has 0 bridgehead atoms. The summed E-state index contributed by atoms with van der Waals surface area (Å²) in [5.41, 5.74) is 1.13. The summed E-state index contributed by atoms with van der Waals surface area (Å²) in [5, 5.41) is 12.8. The number of hydrogen-bond donors (Lipinski definition) is 0. The Labute approximate surface area is 121 Å². The third-order valence-electron chi connectivity index (χ3n) is 2.69. The van der Waals surface area contributed by atoms with Crippen LogP contribution >= 0.6 is 11.8 Å². The Hall–Kier alpha value is -1.95. The zero-order chi connectivity index (χ0) is 14.5. The summed E-state index contributed by atoms with van der Waals surface area (Å²) >= 11 is 1.34. The highest BCUT2D eigenvalue weighted by Crippen LogP contribution is 2.11. The summed E-state index contributed by atoms with van der Waals surface area (Å²) in [7, 11) is 0. The van der Waals surface area contributed by atoms with Crippen LogP contribution in [0.4, 0.5) is 0 Å². The van der Waals surface area contributed by atoms with E-state index in [2.05, 4.69) is 15.3 Å². The van der Waals surface area contributed by atoms with Gasteiger partial charge in [0, 0.05) is 5.92 Å². The van der Waals surface area contributed by atoms with Crippen molar-refractivity contribution < 1.29 is 0 Å². The molecule has 0 radical (unpaired) electrons. The molecule has 0 fully saturated rings. The molecule has 0 unspecified atom stereocenters. The zero-order valence-electron chi connectivity index (χ0n) is 11.6. The van der Waals surface area contributed by atoms with Crippen molar-refractivity contribution in [2.24, 2.45) is 5.10 Å². The first-order valence-corrected chi connectivity index (χ1v) is 7.49. The Bertz CT molecular complexity index is 665. The Morgan fingerprint density at radius 3 is 2.55 bits per heavy atom. The zero-order valence-corrected chi connectivity index (χ0v) is 12.5. The number of aromatic nitrogens is 3.